The number of nitrogens with zero attached hydrogens (tertiary/aromatic N) is 1. The molecule has 0 spiro atoms. The van der Waals surface area contributed by atoms with Crippen molar-refractivity contribution in [3.8, 4) is 5.75 Å². The van der Waals surface area contributed by atoms with Crippen LogP contribution in [0.5, 0.6) is 5.75 Å². The second-order valence-corrected chi connectivity index (χ2v) is 4.71. The topological polar surface area (TPSA) is 43.4 Å². The molecule has 2 unspecified atom stereocenters. The summed E-state index contributed by atoms with van der Waals surface area (Å²) in [5, 5.41) is 3.34. The lowest BCUT2D eigenvalue weighted by molar-refractivity contribution is -0.0547. The number of rotatable bonds is 8. The van der Waals surface area contributed by atoms with Crippen LogP contribution in [0.4, 0.5) is 0 Å². The molecule has 0 aromatic carbocycles. The molecule has 1 aromatic rings. The van der Waals surface area contributed by atoms with Crippen LogP contribution in [0.1, 0.15) is 45.7 Å². The van der Waals surface area contributed by atoms with E-state index in [1.165, 1.54) is 0 Å². The van der Waals surface area contributed by atoms with Gasteiger partial charge >= 0.3 is 0 Å². The van der Waals surface area contributed by atoms with Gasteiger partial charge in [0.15, 0.2) is 0 Å². The summed E-state index contributed by atoms with van der Waals surface area (Å²) in [7, 11) is 1.95. The molecule has 0 saturated heterocycles. The van der Waals surface area contributed by atoms with E-state index >= 15 is 0 Å². The van der Waals surface area contributed by atoms with Crippen LogP contribution in [0.3, 0.4) is 0 Å². The molecule has 0 amide bonds. The Kier molecular flexibility index (Phi) is 6.25. The average Bonchev–Trinajstić information content (AvgIpc) is 2.40. The maximum atomic E-state index is 5.95. The maximum absolute atomic E-state index is 5.95. The van der Waals surface area contributed by atoms with Crippen LogP contribution in [0.15, 0.2) is 18.5 Å². The number of hydrogen-bond acceptors (Lipinski definition) is 4. The predicted octanol–water partition coefficient (Wildman–Crippen LogP) is 2.95. The van der Waals surface area contributed by atoms with Crippen LogP contribution in [-0.4, -0.2) is 30.8 Å². The molecule has 0 aliphatic carbocycles. The van der Waals surface area contributed by atoms with E-state index in [0.717, 1.165) is 17.7 Å². The number of hydrogen-bond donors (Lipinski definition) is 1. The van der Waals surface area contributed by atoms with Gasteiger partial charge in [-0.2, -0.15) is 0 Å². The molecule has 0 aliphatic heterocycles. The van der Waals surface area contributed by atoms with Gasteiger partial charge in [0, 0.05) is 12.8 Å². The molecule has 108 valence electrons. The molecule has 0 bridgehead atoms. The first-order chi connectivity index (χ1) is 9.11. The molecule has 0 radical (unpaired) electrons. The number of nitrogens with one attached hydrogen (secondary N) is 1. The number of likely N-dealkylation sites (N-methyl/N-ethyl adjacent to an activating group) is 1. The molecule has 1 aromatic heterocycles. The van der Waals surface area contributed by atoms with E-state index in [9.17, 15) is 0 Å². The van der Waals surface area contributed by atoms with Crippen molar-refractivity contribution in [1.29, 1.82) is 0 Å². The number of aromatic nitrogens is 1. The minimum absolute atomic E-state index is 0.0883. The van der Waals surface area contributed by atoms with Crippen LogP contribution in [0.25, 0.3) is 0 Å². The predicted molar refractivity (Wildman–Crippen MR) is 77.5 cm³/mol. The Morgan fingerprint density at radius 3 is 2.53 bits per heavy atom. The molecular weight excluding hydrogens is 240 g/mol. The second kappa shape index (κ2) is 7.46. The third-order valence-corrected chi connectivity index (χ3v) is 3.45. The Morgan fingerprint density at radius 1 is 1.26 bits per heavy atom. The molecule has 0 aliphatic rings. The standard InChI is InChI=1S/C15H26N2O2/c1-6-15(4,19-8-3)14(16-5)12-9-13(18-7-2)11-17-10-12/h9-11,14,16H,6-8H2,1-5H3. The molecule has 2 atom stereocenters. The zero-order valence-electron chi connectivity index (χ0n) is 12.7. The summed E-state index contributed by atoms with van der Waals surface area (Å²) >= 11 is 0. The highest BCUT2D eigenvalue weighted by Crippen LogP contribution is 2.32. The molecular formula is C15H26N2O2. The fourth-order valence-electron chi connectivity index (χ4n) is 2.38. The second-order valence-electron chi connectivity index (χ2n) is 4.71. The molecule has 1 N–H and O–H groups in total. The Labute approximate surface area is 116 Å². The Morgan fingerprint density at radius 2 is 2.00 bits per heavy atom. The van der Waals surface area contributed by atoms with Crippen LogP contribution in [-0.2, 0) is 4.74 Å². The van der Waals surface area contributed by atoms with E-state index in [2.05, 4.69) is 24.1 Å². The SMILES string of the molecule is CCOc1cncc(C(NC)C(C)(CC)OCC)c1. The summed E-state index contributed by atoms with van der Waals surface area (Å²) in [6, 6.07) is 2.12. The van der Waals surface area contributed by atoms with E-state index in [1.54, 1.807) is 6.20 Å². The number of pyridine rings is 1. The summed E-state index contributed by atoms with van der Waals surface area (Å²) in [6.45, 7) is 9.60. The quantitative estimate of drug-likeness (QED) is 0.785. The smallest absolute Gasteiger partial charge is 0.137 e. The van der Waals surface area contributed by atoms with E-state index in [0.29, 0.717) is 13.2 Å². The molecule has 19 heavy (non-hydrogen) atoms. The van der Waals surface area contributed by atoms with Gasteiger partial charge in [-0.15, -0.1) is 0 Å². The fraction of sp³-hybridized carbons (Fsp3) is 0.667. The molecule has 0 saturated carbocycles. The first kappa shape index (κ1) is 15.9. The Balaban J connectivity index is 3.04. The zero-order chi connectivity index (χ0) is 14.3. The van der Waals surface area contributed by atoms with Gasteiger partial charge in [-0.3, -0.25) is 4.98 Å². The van der Waals surface area contributed by atoms with Gasteiger partial charge in [0.2, 0.25) is 0 Å². The Hall–Kier alpha value is -1.13. The normalized spacial score (nSPS) is 15.8. The van der Waals surface area contributed by atoms with Crippen molar-refractivity contribution in [2.45, 2.75) is 45.8 Å². The highest BCUT2D eigenvalue weighted by atomic mass is 16.5. The van der Waals surface area contributed by atoms with Gasteiger partial charge < -0.3 is 14.8 Å². The van der Waals surface area contributed by atoms with Crippen molar-refractivity contribution in [3.05, 3.63) is 24.0 Å². The van der Waals surface area contributed by atoms with E-state index in [1.807, 2.05) is 33.2 Å². The van der Waals surface area contributed by atoms with Crippen molar-refractivity contribution in [2.24, 2.45) is 0 Å². The molecule has 1 rings (SSSR count). The first-order valence-corrected chi connectivity index (χ1v) is 7.00. The van der Waals surface area contributed by atoms with Gasteiger partial charge in [-0.1, -0.05) is 6.92 Å². The van der Waals surface area contributed by atoms with Crippen molar-refractivity contribution < 1.29 is 9.47 Å². The molecule has 0 fully saturated rings. The summed E-state index contributed by atoms with van der Waals surface area (Å²) < 4.78 is 11.5. The minimum Gasteiger partial charge on any atom is -0.492 e. The van der Waals surface area contributed by atoms with Gasteiger partial charge in [0.25, 0.3) is 0 Å². The minimum atomic E-state index is -0.254. The van der Waals surface area contributed by atoms with Crippen molar-refractivity contribution in [2.75, 3.05) is 20.3 Å². The third kappa shape index (κ3) is 3.91. The van der Waals surface area contributed by atoms with Crippen molar-refractivity contribution in [3.63, 3.8) is 0 Å². The molecule has 1 heterocycles. The number of ether oxygens (including phenoxy) is 2. The van der Waals surface area contributed by atoms with Gasteiger partial charge in [-0.25, -0.2) is 0 Å². The summed E-state index contributed by atoms with van der Waals surface area (Å²) in [5.74, 6) is 0.801. The largest absolute Gasteiger partial charge is 0.492 e. The summed E-state index contributed by atoms with van der Waals surface area (Å²) in [4.78, 5) is 4.26. The lowest BCUT2D eigenvalue weighted by Crippen LogP contribution is -2.42. The first-order valence-electron chi connectivity index (χ1n) is 7.00. The highest BCUT2D eigenvalue weighted by Gasteiger charge is 2.33. The lowest BCUT2D eigenvalue weighted by atomic mass is 9.88. The van der Waals surface area contributed by atoms with E-state index < -0.39 is 0 Å². The van der Waals surface area contributed by atoms with Crippen LogP contribution in [0, 0.1) is 0 Å². The van der Waals surface area contributed by atoms with Crippen LogP contribution in [0.2, 0.25) is 0 Å². The van der Waals surface area contributed by atoms with E-state index in [4.69, 9.17) is 9.47 Å². The average molecular weight is 266 g/mol. The highest BCUT2D eigenvalue weighted by molar-refractivity contribution is 5.28. The van der Waals surface area contributed by atoms with Gasteiger partial charge in [-0.05, 0) is 45.9 Å². The fourth-order valence-corrected chi connectivity index (χ4v) is 2.38. The van der Waals surface area contributed by atoms with Crippen LogP contribution >= 0.6 is 0 Å². The van der Waals surface area contributed by atoms with Crippen LogP contribution < -0.4 is 10.1 Å². The van der Waals surface area contributed by atoms with Gasteiger partial charge in [0.05, 0.1) is 24.4 Å². The lowest BCUT2D eigenvalue weighted by Gasteiger charge is -2.36. The van der Waals surface area contributed by atoms with E-state index in [-0.39, 0.29) is 11.6 Å². The van der Waals surface area contributed by atoms with Crippen molar-refractivity contribution >= 4 is 0 Å². The molecule has 4 heteroatoms. The third-order valence-electron chi connectivity index (χ3n) is 3.45. The Bertz CT molecular complexity index is 384. The summed E-state index contributed by atoms with van der Waals surface area (Å²) in [6.07, 6.45) is 4.53. The van der Waals surface area contributed by atoms with Gasteiger partial charge in [0.1, 0.15) is 5.75 Å². The van der Waals surface area contributed by atoms with Crippen molar-refractivity contribution in [1.82, 2.24) is 10.3 Å². The molecule has 4 nitrogen and oxygen atoms in total. The maximum Gasteiger partial charge on any atom is 0.137 e. The zero-order valence-corrected chi connectivity index (χ0v) is 12.7. The summed E-state index contributed by atoms with van der Waals surface area (Å²) in [5.41, 5.74) is 0.835. The monoisotopic (exact) mass is 266 g/mol.